The van der Waals surface area contributed by atoms with Gasteiger partial charge < -0.3 is 19.3 Å². The van der Waals surface area contributed by atoms with E-state index in [2.05, 4.69) is 5.10 Å². The Morgan fingerprint density at radius 3 is 2.36 bits per heavy atom. The maximum atomic E-state index is 12.6. The van der Waals surface area contributed by atoms with Crippen molar-refractivity contribution in [1.82, 2.24) is 19.6 Å². The zero-order valence-corrected chi connectivity index (χ0v) is 13.5. The monoisotopic (exact) mass is 346 g/mol. The minimum atomic E-state index is -0.945. The molecule has 0 radical (unpaired) electrons. The van der Waals surface area contributed by atoms with Gasteiger partial charge in [0.1, 0.15) is 5.69 Å². The topological polar surface area (TPSA) is 109 Å². The molecule has 1 aliphatic heterocycles. The highest BCUT2D eigenvalue weighted by molar-refractivity contribution is 5.94. The standard InChI is InChI=1S/C16H18N4O5/c21-14(22)4-6-20-12(3-5-17-20)15(23)18-7-9-19(10-8-18)16(24)13-2-1-11-25-13/h1-3,5,11H,4,6-10H2,(H,21,22). The summed E-state index contributed by atoms with van der Waals surface area (Å²) in [6.45, 7) is 1.76. The molecule has 0 aromatic carbocycles. The lowest BCUT2D eigenvalue weighted by atomic mass is 10.2. The van der Waals surface area contributed by atoms with Crippen LogP contribution in [0.4, 0.5) is 0 Å². The molecular weight excluding hydrogens is 328 g/mol. The second kappa shape index (κ2) is 7.20. The number of furan rings is 1. The number of aromatic nitrogens is 2. The van der Waals surface area contributed by atoms with Crippen LogP contribution in [-0.4, -0.2) is 68.6 Å². The fourth-order valence-electron chi connectivity index (χ4n) is 2.72. The molecule has 1 fully saturated rings. The van der Waals surface area contributed by atoms with E-state index >= 15 is 0 Å². The van der Waals surface area contributed by atoms with Crippen molar-refractivity contribution in [2.45, 2.75) is 13.0 Å². The number of amides is 2. The highest BCUT2D eigenvalue weighted by Gasteiger charge is 2.27. The lowest BCUT2D eigenvalue weighted by molar-refractivity contribution is -0.137. The summed E-state index contributed by atoms with van der Waals surface area (Å²) in [6.07, 6.45) is 2.82. The molecule has 0 spiro atoms. The van der Waals surface area contributed by atoms with Gasteiger partial charge in [0.2, 0.25) is 0 Å². The van der Waals surface area contributed by atoms with Crippen molar-refractivity contribution in [2.75, 3.05) is 26.2 Å². The average Bonchev–Trinajstić information content (AvgIpc) is 3.30. The SMILES string of the molecule is O=C(O)CCn1nccc1C(=O)N1CCN(C(=O)c2ccco2)CC1. The highest BCUT2D eigenvalue weighted by atomic mass is 16.4. The molecule has 2 aromatic heterocycles. The van der Waals surface area contributed by atoms with Crippen molar-refractivity contribution < 1.29 is 23.9 Å². The van der Waals surface area contributed by atoms with E-state index in [4.69, 9.17) is 9.52 Å². The second-order valence-electron chi connectivity index (χ2n) is 5.65. The predicted octanol–water partition coefficient (Wildman–Crippen LogP) is 0.549. The van der Waals surface area contributed by atoms with E-state index in [9.17, 15) is 14.4 Å². The van der Waals surface area contributed by atoms with E-state index < -0.39 is 5.97 Å². The van der Waals surface area contributed by atoms with Gasteiger partial charge in [-0.05, 0) is 18.2 Å². The third-order valence-electron chi connectivity index (χ3n) is 4.06. The molecule has 132 valence electrons. The molecule has 9 heteroatoms. The van der Waals surface area contributed by atoms with Crippen LogP contribution in [0.5, 0.6) is 0 Å². The Morgan fingerprint density at radius 1 is 1.08 bits per heavy atom. The number of hydrogen-bond donors (Lipinski definition) is 1. The predicted molar refractivity (Wildman–Crippen MR) is 85.0 cm³/mol. The van der Waals surface area contributed by atoms with Crippen molar-refractivity contribution >= 4 is 17.8 Å². The fourth-order valence-corrected chi connectivity index (χ4v) is 2.72. The van der Waals surface area contributed by atoms with Crippen LogP contribution in [0.1, 0.15) is 27.5 Å². The third-order valence-corrected chi connectivity index (χ3v) is 4.06. The van der Waals surface area contributed by atoms with Crippen LogP contribution >= 0.6 is 0 Å². The highest BCUT2D eigenvalue weighted by Crippen LogP contribution is 2.12. The number of aryl methyl sites for hydroxylation is 1. The smallest absolute Gasteiger partial charge is 0.305 e. The molecular formula is C16H18N4O5. The van der Waals surface area contributed by atoms with Gasteiger partial charge in [-0.2, -0.15) is 5.10 Å². The summed E-state index contributed by atoms with van der Waals surface area (Å²) in [5, 5.41) is 12.8. The summed E-state index contributed by atoms with van der Waals surface area (Å²) in [6, 6.07) is 4.84. The van der Waals surface area contributed by atoms with E-state index in [1.54, 1.807) is 28.0 Å². The molecule has 0 saturated carbocycles. The Kier molecular flexibility index (Phi) is 4.82. The number of carbonyl (C=O) groups is 3. The molecule has 1 aliphatic rings. The molecule has 0 atom stereocenters. The first-order valence-corrected chi connectivity index (χ1v) is 7.92. The van der Waals surface area contributed by atoms with Crippen LogP contribution in [-0.2, 0) is 11.3 Å². The van der Waals surface area contributed by atoms with E-state index in [0.717, 1.165) is 0 Å². The molecule has 2 amide bonds. The van der Waals surface area contributed by atoms with Crippen LogP contribution in [0, 0.1) is 0 Å². The Bertz CT molecular complexity index is 759. The first-order chi connectivity index (χ1) is 12.1. The maximum Gasteiger partial charge on any atom is 0.305 e. The largest absolute Gasteiger partial charge is 0.481 e. The van der Waals surface area contributed by atoms with E-state index in [1.165, 1.54) is 17.1 Å². The van der Waals surface area contributed by atoms with Crippen molar-refractivity contribution in [3.63, 3.8) is 0 Å². The van der Waals surface area contributed by atoms with Gasteiger partial charge in [0.05, 0.1) is 19.2 Å². The Labute approximate surface area is 143 Å². The third kappa shape index (κ3) is 3.70. The van der Waals surface area contributed by atoms with Crippen LogP contribution in [0.3, 0.4) is 0 Å². The number of hydrogen-bond acceptors (Lipinski definition) is 5. The molecule has 0 aliphatic carbocycles. The number of rotatable bonds is 5. The summed E-state index contributed by atoms with van der Waals surface area (Å²) < 4.78 is 6.51. The van der Waals surface area contributed by atoms with Gasteiger partial charge >= 0.3 is 5.97 Å². The lowest BCUT2D eigenvalue weighted by Gasteiger charge is -2.34. The number of carboxylic acids is 1. The molecule has 1 N–H and O–H groups in total. The van der Waals surface area contributed by atoms with Crippen molar-refractivity contribution in [3.8, 4) is 0 Å². The number of aliphatic carboxylic acids is 1. The number of carboxylic acid groups (broad SMARTS) is 1. The van der Waals surface area contributed by atoms with Gasteiger partial charge in [-0.15, -0.1) is 0 Å². The molecule has 9 nitrogen and oxygen atoms in total. The van der Waals surface area contributed by atoms with Crippen LogP contribution in [0.15, 0.2) is 35.1 Å². The molecule has 25 heavy (non-hydrogen) atoms. The maximum absolute atomic E-state index is 12.6. The summed E-state index contributed by atoms with van der Waals surface area (Å²) in [5.74, 6) is -1.07. The van der Waals surface area contributed by atoms with E-state index in [1.807, 2.05) is 0 Å². The normalized spacial score (nSPS) is 14.6. The van der Waals surface area contributed by atoms with Gasteiger partial charge in [-0.25, -0.2) is 0 Å². The second-order valence-corrected chi connectivity index (χ2v) is 5.65. The van der Waals surface area contributed by atoms with Crippen LogP contribution in [0.25, 0.3) is 0 Å². The molecule has 0 bridgehead atoms. The summed E-state index contributed by atoms with van der Waals surface area (Å²) in [5.41, 5.74) is 0.354. The summed E-state index contributed by atoms with van der Waals surface area (Å²) >= 11 is 0. The Balaban J connectivity index is 1.59. The van der Waals surface area contributed by atoms with Crippen molar-refractivity contribution in [2.24, 2.45) is 0 Å². The Hall–Kier alpha value is -3.10. The average molecular weight is 346 g/mol. The van der Waals surface area contributed by atoms with Gasteiger partial charge in [0, 0.05) is 32.4 Å². The molecule has 2 aromatic rings. The van der Waals surface area contributed by atoms with Crippen molar-refractivity contribution in [1.29, 1.82) is 0 Å². The molecule has 0 unspecified atom stereocenters. The molecule has 3 rings (SSSR count). The number of nitrogens with zero attached hydrogens (tertiary/aromatic N) is 4. The first-order valence-electron chi connectivity index (χ1n) is 7.92. The quantitative estimate of drug-likeness (QED) is 0.847. The van der Waals surface area contributed by atoms with Gasteiger partial charge in [-0.3, -0.25) is 19.1 Å². The minimum absolute atomic E-state index is 0.104. The zero-order valence-electron chi connectivity index (χ0n) is 13.5. The van der Waals surface area contributed by atoms with E-state index in [-0.39, 0.29) is 30.5 Å². The minimum Gasteiger partial charge on any atom is -0.481 e. The summed E-state index contributed by atoms with van der Waals surface area (Å²) in [4.78, 5) is 38.8. The summed E-state index contributed by atoms with van der Waals surface area (Å²) in [7, 11) is 0. The van der Waals surface area contributed by atoms with Crippen molar-refractivity contribution in [3.05, 3.63) is 42.1 Å². The van der Waals surface area contributed by atoms with Gasteiger partial charge in [0.15, 0.2) is 5.76 Å². The number of piperazine rings is 1. The fraction of sp³-hybridized carbons (Fsp3) is 0.375. The lowest BCUT2D eigenvalue weighted by Crippen LogP contribution is -2.50. The molecule has 3 heterocycles. The zero-order chi connectivity index (χ0) is 17.8. The number of carbonyl (C=O) groups excluding carboxylic acids is 2. The first kappa shape index (κ1) is 16.7. The van der Waals surface area contributed by atoms with Gasteiger partial charge in [0.25, 0.3) is 11.8 Å². The van der Waals surface area contributed by atoms with Crippen LogP contribution in [0.2, 0.25) is 0 Å². The van der Waals surface area contributed by atoms with E-state index in [0.29, 0.717) is 31.9 Å². The van der Waals surface area contributed by atoms with Crippen LogP contribution < -0.4 is 0 Å². The molecule has 1 saturated heterocycles. The Morgan fingerprint density at radius 2 is 1.76 bits per heavy atom. The van der Waals surface area contributed by atoms with Gasteiger partial charge in [-0.1, -0.05) is 0 Å².